The summed E-state index contributed by atoms with van der Waals surface area (Å²) in [5.74, 6) is 1.76. The third-order valence-corrected chi connectivity index (χ3v) is 8.26. The van der Waals surface area contributed by atoms with Gasteiger partial charge >= 0.3 is 0 Å². The van der Waals surface area contributed by atoms with Gasteiger partial charge in [-0.25, -0.2) is 19.9 Å². The van der Waals surface area contributed by atoms with Crippen LogP contribution in [-0.4, -0.2) is 35.4 Å². The number of imidazole rings is 1. The van der Waals surface area contributed by atoms with E-state index >= 15 is 0 Å². The second-order valence-corrected chi connectivity index (χ2v) is 10.9. The zero-order chi connectivity index (χ0) is 25.9. The Morgan fingerprint density at radius 2 is 2.00 bits per heavy atom. The number of nitrogen functional groups attached to an aromatic ring is 1. The average molecular weight is 518 g/mol. The number of hydrogen-bond donors (Lipinski definition) is 3. The summed E-state index contributed by atoms with van der Waals surface area (Å²) < 4.78 is 1.94. The van der Waals surface area contributed by atoms with Crippen LogP contribution in [0.3, 0.4) is 0 Å². The highest BCUT2D eigenvalue weighted by Gasteiger charge is 2.48. The number of aromatic nitrogens is 5. The fourth-order valence-corrected chi connectivity index (χ4v) is 5.79. The zero-order valence-corrected chi connectivity index (χ0v) is 21.5. The second-order valence-electron chi connectivity index (χ2n) is 10.5. The fourth-order valence-electron chi connectivity index (χ4n) is 5.67. The van der Waals surface area contributed by atoms with Crippen LogP contribution < -0.4 is 11.1 Å². The molecule has 1 aliphatic carbocycles. The number of phenolic OH excluding ortho intramolecular Hbond substituents is 1. The molecule has 0 radical (unpaired) electrons. The summed E-state index contributed by atoms with van der Waals surface area (Å²) in [5, 5.41) is 13.2. The molecule has 0 saturated heterocycles. The summed E-state index contributed by atoms with van der Waals surface area (Å²) in [6, 6.07) is 4.71. The monoisotopic (exact) mass is 517 g/mol. The lowest BCUT2D eigenvalue weighted by molar-refractivity contribution is -0.119. The van der Waals surface area contributed by atoms with Crippen molar-refractivity contribution < 1.29 is 9.90 Å². The molecule has 1 unspecified atom stereocenters. The molecule has 1 atom stereocenters. The third-order valence-electron chi connectivity index (χ3n) is 7.94. The molecule has 190 valence electrons. The maximum atomic E-state index is 13.2. The van der Waals surface area contributed by atoms with Crippen molar-refractivity contribution in [3.8, 4) is 17.3 Å². The van der Waals surface area contributed by atoms with Crippen LogP contribution in [0.2, 0.25) is 5.02 Å². The van der Waals surface area contributed by atoms with Crippen molar-refractivity contribution in [2.75, 3.05) is 11.1 Å². The number of aromatic hydroxyl groups is 1. The van der Waals surface area contributed by atoms with Crippen LogP contribution in [0.5, 0.6) is 5.75 Å². The molecule has 1 aromatic carbocycles. The molecule has 0 spiro atoms. The van der Waals surface area contributed by atoms with Crippen LogP contribution in [0, 0.1) is 11.8 Å². The van der Waals surface area contributed by atoms with Crippen molar-refractivity contribution in [1.29, 1.82) is 0 Å². The number of fused-ring (bicyclic) bond motifs is 2. The van der Waals surface area contributed by atoms with Crippen molar-refractivity contribution in [2.24, 2.45) is 11.8 Å². The summed E-state index contributed by atoms with van der Waals surface area (Å²) >= 11 is 5.99. The SMILES string of the molecule is CC1CCC(Cc2nc(-c3nc(N)c4c(n3)NC(=O)C4(C)c3ccc(Cl)c(O)c3)cn3ccnc23)CC1. The van der Waals surface area contributed by atoms with E-state index < -0.39 is 5.41 Å². The Balaban J connectivity index is 1.41. The molecule has 6 rings (SSSR count). The number of hydrogen-bond acceptors (Lipinski definition) is 7. The molecule has 37 heavy (non-hydrogen) atoms. The van der Waals surface area contributed by atoms with Crippen LogP contribution in [0.25, 0.3) is 17.2 Å². The topological polar surface area (TPSA) is 131 Å². The third kappa shape index (κ3) is 3.89. The van der Waals surface area contributed by atoms with Crippen molar-refractivity contribution >= 4 is 34.8 Å². The highest BCUT2D eigenvalue weighted by molar-refractivity contribution is 6.32. The predicted octanol–water partition coefficient (Wildman–Crippen LogP) is 4.75. The number of phenols is 1. The lowest BCUT2D eigenvalue weighted by atomic mass is 9.77. The number of nitrogens with zero attached hydrogens (tertiary/aromatic N) is 5. The Morgan fingerprint density at radius 1 is 1.22 bits per heavy atom. The van der Waals surface area contributed by atoms with E-state index in [1.165, 1.54) is 31.7 Å². The number of rotatable bonds is 4. The highest BCUT2D eigenvalue weighted by atomic mass is 35.5. The normalized spacial score (nSPS) is 23.3. The predicted molar refractivity (Wildman–Crippen MR) is 141 cm³/mol. The minimum Gasteiger partial charge on any atom is -0.506 e. The molecule has 0 bridgehead atoms. The van der Waals surface area contributed by atoms with E-state index in [1.54, 1.807) is 25.3 Å². The Bertz CT molecular complexity index is 1540. The van der Waals surface area contributed by atoms with Crippen molar-refractivity contribution in [3.63, 3.8) is 0 Å². The average Bonchev–Trinajstić information content (AvgIpc) is 3.45. The Labute approximate surface area is 219 Å². The van der Waals surface area contributed by atoms with Gasteiger partial charge in [0.2, 0.25) is 5.91 Å². The molecule has 1 amide bonds. The Kier molecular flexibility index (Phi) is 5.56. The minimum atomic E-state index is -1.19. The Hall–Kier alpha value is -3.72. The number of benzene rings is 1. The van der Waals surface area contributed by atoms with E-state index in [0.717, 1.165) is 23.7 Å². The number of anilines is 2. The summed E-state index contributed by atoms with van der Waals surface area (Å²) in [7, 11) is 0. The first-order chi connectivity index (χ1) is 17.7. The zero-order valence-electron chi connectivity index (χ0n) is 20.7. The molecule has 3 aromatic heterocycles. The number of halogens is 1. The first-order valence-corrected chi connectivity index (χ1v) is 12.9. The molecular weight excluding hydrogens is 490 g/mol. The van der Waals surface area contributed by atoms with E-state index in [0.29, 0.717) is 34.4 Å². The Morgan fingerprint density at radius 3 is 2.76 bits per heavy atom. The van der Waals surface area contributed by atoms with Gasteiger partial charge in [-0.3, -0.25) is 4.79 Å². The number of amides is 1. The van der Waals surface area contributed by atoms with Crippen LogP contribution in [0.1, 0.15) is 56.4 Å². The molecule has 2 aliphatic rings. The van der Waals surface area contributed by atoms with Crippen molar-refractivity contribution in [1.82, 2.24) is 24.3 Å². The van der Waals surface area contributed by atoms with Gasteiger partial charge in [0.1, 0.15) is 28.5 Å². The van der Waals surface area contributed by atoms with Crippen molar-refractivity contribution in [3.05, 3.63) is 58.6 Å². The number of nitrogens with two attached hydrogens (primary N) is 1. The van der Waals surface area contributed by atoms with Crippen LogP contribution in [0.15, 0.2) is 36.8 Å². The van der Waals surface area contributed by atoms with Gasteiger partial charge in [-0.1, -0.05) is 37.4 Å². The van der Waals surface area contributed by atoms with Gasteiger partial charge in [0.15, 0.2) is 11.5 Å². The molecular formula is C27H28ClN7O2. The minimum absolute atomic E-state index is 0.115. The van der Waals surface area contributed by atoms with E-state index in [2.05, 4.69) is 27.2 Å². The standard InChI is InChI=1S/C27H28ClN7O2/c1-14-3-5-15(6-4-14)11-18-25-30-9-10-35(25)13-19(31-18)23-32-22(29)21-24(33-23)34-26(37)27(21,2)16-7-8-17(28)20(36)12-16/h7-10,12-15,36H,3-6,11H2,1-2H3,(H3,29,32,33,34,37). The molecule has 4 N–H and O–H groups in total. The summed E-state index contributed by atoms with van der Waals surface area (Å²) in [4.78, 5) is 31.9. The van der Waals surface area contributed by atoms with Gasteiger partial charge in [-0.05, 0) is 55.7 Å². The lowest BCUT2D eigenvalue weighted by Gasteiger charge is -2.26. The molecule has 1 saturated carbocycles. The molecule has 9 nitrogen and oxygen atoms in total. The largest absolute Gasteiger partial charge is 0.506 e. The van der Waals surface area contributed by atoms with E-state index in [-0.39, 0.29) is 22.5 Å². The van der Waals surface area contributed by atoms with Crippen LogP contribution >= 0.6 is 11.6 Å². The highest BCUT2D eigenvalue weighted by Crippen LogP contribution is 2.46. The van der Waals surface area contributed by atoms with Gasteiger partial charge in [0.25, 0.3) is 0 Å². The smallest absolute Gasteiger partial charge is 0.240 e. The lowest BCUT2D eigenvalue weighted by Crippen LogP contribution is -2.32. The maximum Gasteiger partial charge on any atom is 0.240 e. The first kappa shape index (κ1) is 23.7. The second kappa shape index (κ2) is 8.69. The van der Waals surface area contributed by atoms with E-state index in [4.69, 9.17) is 22.3 Å². The summed E-state index contributed by atoms with van der Waals surface area (Å²) in [5.41, 5.74) is 8.58. The molecule has 10 heteroatoms. The van der Waals surface area contributed by atoms with Crippen LogP contribution in [-0.2, 0) is 16.6 Å². The van der Waals surface area contributed by atoms with Gasteiger partial charge in [0.05, 0.1) is 16.3 Å². The van der Waals surface area contributed by atoms with Gasteiger partial charge in [-0.2, -0.15) is 0 Å². The summed E-state index contributed by atoms with van der Waals surface area (Å²) in [6.45, 7) is 4.05. The molecule has 4 aromatic rings. The first-order valence-electron chi connectivity index (χ1n) is 12.6. The number of nitrogens with one attached hydrogen (secondary N) is 1. The van der Waals surface area contributed by atoms with E-state index in [1.807, 2.05) is 16.8 Å². The van der Waals surface area contributed by atoms with Crippen molar-refractivity contribution in [2.45, 2.75) is 51.4 Å². The van der Waals surface area contributed by atoms with Crippen LogP contribution in [0.4, 0.5) is 11.6 Å². The van der Waals surface area contributed by atoms with Gasteiger partial charge in [0, 0.05) is 18.6 Å². The molecule has 1 aliphatic heterocycles. The molecule has 1 fully saturated rings. The molecule has 4 heterocycles. The maximum absolute atomic E-state index is 13.2. The number of carbonyl (C=O) groups excluding carboxylic acids is 1. The number of carbonyl (C=O) groups is 1. The van der Waals surface area contributed by atoms with Gasteiger partial charge < -0.3 is 20.6 Å². The quantitative estimate of drug-likeness (QED) is 0.355. The summed E-state index contributed by atoms with van der Waals surface area (Å²) in [6.07, 6.45) is 11.2. The fraction of sp³-hybridized carbons (Fsp3) is 0.370. The van der Waals surface area contributed by atoms with E-state index in [9.17, 15) is 9.90 Å². The van der Waals surface area contributed by atoms with Gasteiger partial charge in [-0.15, -0.1) is 0 Å².